The van der Waals surface area contributed by atoms with Crippen LogP contribution in [0.3, 0.4) is 0 Å². The normalized spacial score (nSPS) is 10.5. The van der Waals surface area contributed by atoms with Crippen LogP contribution in [0, 0.1) is 0 Å². The zero-order valence-electron chi connectivity index (χ0n) is 7.47. The van der Waals surface area contributed by atoms with Gasteiger partial charge < -0.3 is 48.5 Å². The molecule has 0 aromatic heterocycles. The van der Waals surface area contributed by atoms with E-state index in [0.29, 0.717) is 0 Å². The molecule has 0 saturated heterocycles. The van der Waals surface area contributed by atoms with E-state index < -0.39 is 24.1 Å². The van der Waals surface area contributed by atoms with E-state index in [0.717, 1.165) is 0 Å². The summed E-state index contributed by atoms with van der Waals surface area (Å²) in [5.41, 5.74) is 0. The van der Waals surface area contributed by atoms with E-state index in [2.05, 4.69) is 0 Å². The lowest BCUT2D eigenvalue weighted by Gasteiger charge is -2.07. The number of carboxylic acids is 2. The molecule has 15 heavy (non-hydrogen) atoms. The molecule has 98 valence electrons. The van der Waals surface area contributed by atoms with Gasteiger partial charge in [0.15, 0.2) is 12.2 Å². The van der Waals surface area contributed by atoms with Crippen LogP contribution in [0.25, 0.3) is 0 Å². The van der Waals surface area contributed by atoms with Crippen LogP contribution in [0.5, 0.6) is 0 Å². The van der Waals surface area contributed by atoms with Gasteiger partial charge in [-0.05, 0) is 0 Å². The van der Waals surface area contributed by atoms with E-state index in [4.69, 9.17) is 20.4 Å². The minimum Gasteiger partial charge on any atom is -0.479 e. The zero-order chi connectivity index (χ0) is 8.31. The predicted molar refractivity (Wildman–Crippen MR) is 46.8 cm³/mol. The average molecular weight is 239 g/mol. The number of hydrogen-bond acceptors (Lipinski definition) is 5. The van der Waals surface area contributed by atoms with Gasteiger partial charge in [0.25, 0.3) is 0 Å². The van der Waals surface area contributed by atoms with Crippen LogP contribution >= 0.6 is 0 Å². The molecule has 0 aromatic rings. The molecule has 2 unspecified atom stereocenters. The van der Waals surface area contributed by atoms with Crippen LogP contribution in [0.15, 0.2) is 0 Å². The molecule has 0 aliphatic heterocycles. The van der Waals surface area contributed by atoms with E-state index in [1.807, 2.05) is 0 Å². The number of aliphatic carboxylic acids is 2. The number of hydrogen-bond donors (Lipinski definition) is 5. The van der Waals surface area contributed by atoms with E-state index in [1.54, 1.807) is 0 Å². The van der Waals surface area contributed by atoms with Gasteiger partial charge >= 0.3 is 11.9 Å². The van der Waals surface area contributed by atoms with Gasteiger partial charge in [-0.25, -0.2) is 9.59 Å². The van der Waals surface area contributed by atoms with Crippen molar-refractivity contribution in [3.63, 3.8) is 0 Å². The van der Waals surface area contributed by atoms with Gasteiger partial charge in [0.1, 0.15) is 0 Å². The number of rotatable bonds is 3. The van der Waals surface area contributed by atoms with Gasteiger partial charge in [-0.15, -0.1) is 0 Å². The summed E-state index contributed by atoms with van der Waals surface area (Å²) in [6.07, 6.45) is -4.53. The number of carbonyl (C=O) groups is 2. The first-order chi connectivity index (χ1) is 4.46. The van der Waals surface area contributed by atoms with Gasteiger partial charge in [0, 0.05) is 0 Å². The van der Waals surface area contributed by atoms with Crippen LogP contribution in [0.2, 0.25) is 0 Å². The monoisotopic (exact) mass is 239 g/mol. The van der Waals surface area contributed by atoms with Crippen molar-refractivity contribution < 1.29 is 51.9 Å². The molecule has 0 spiro atoms. The second kappa shape index (κ2) is 15.1. The molecule has 0 saturated carbocycles. The van der Waals surface area contributed by atoms with Crippen LogP contribution in [-0.4, -0.2) is 66.5 Å². The van der Waals surface area contributed by atoms with Crippen molar-refractivity contribution in [2.24, 2.45) is 0 Å². The van der Waals surface area contributed by atoms with Crippen molar-refractivity contribution in [2.45, 2.75) is 12.2 Å². The Hall–Kier alpha value is -1.34. The van der Waals surface area contributed by atoms with Crippen molar-refractivity contribution in [3.05, 3.63) is 0 Å². The smallest absolute Gasteiger partial charge is 0.335 e. The molecule has 11 nitrogen and oxygen atoms in total. The Morgan fingerprint density at radius 2 is 0.867 bits per heavy atom. The first-order valence-electron chi connectivity index (χ1n) is 2.28. The second-order valence-corrected chi connectivity index (χ2v) is 1.57. The number of aliphatic hydroxyl groups is 2. The minimum atomic E-state index is -2.27. The predicted octanol–water partition coefficient (Wildman–Crippen LogP) is -5.26. The zero-order valence-corrected chi connectivity index (χ0v) is 7.47. The maximum atomic E-state index is 9.77. The number of aliphatic hydroxyl groups excluding tert-OH is 2. The quantitative estimate of drug-likeness (QED) is 0.318. The molecule has 0 fully saturated rings. The first kappa shape index (κ1) is 37.3. The van der Waals surface area contributed by atoms with E-state index in [9.17, 15) is 9.59 Å². The molecule has 0 bridgehead atoms. The Morgan fingerprint density at radius 3 is 0.933 bits per heavy atom. The minimum absolute atomic E-state index is 0. The summed E-state index contributed by atoms with van der Waals surface area (Å²) in [6.45, 7) is 0. The summed E-state index contributed by atoms with van der Waals surface area (Å²) < 4.78 is 0. The molecule has 0 aliphatic rings. The summed E-state index contributed by atoms with van der Waals surface area (Å²) in [5, 5.41) is 32.5. The van der Waals surface area contributed by atoms with Crippen LogP contribution in [-0.2, 0) is 9.59 Å². The third-order valence-corrected chi connectivity index (χ3v) is 0.805. The van der Waals surface area contributed by atoms with Crippen molar-refractivity contribution >= 4 is 11.9 Å². The van der Waals surface area contributed by atoms with E-state index in [1.165, 1.54) is 0 Å². The highest BCUT2D eigenvalue weighted by molar-refractivity contribution is 5.82. The Kier molecular flexibility index (Phi) is 37.7. The Morgan fingerprint density at radius 1 is 0.733 bits per heavy atom. The second-order valence-electron chi connectivity index (χ2n) is 1.57. The summed E-state index contributed by atoms with van der Waals surface area (Å²) in [7, 11) is 0. The molecule has 0 aromatic carbocycles. The lowest BCUT2D eigenvalue weighted by atomic mass is 10.2. The first-order valence-corrected chi connectivity index (χ1v) is 2.28. The van der Waals surface area contributed by atoms with Crippen molar-refractivity contribution in [1.29, 1.82) is 0 Å². The topological polar surface area (TPSA) is 276 Å². The maximum Gasteiger partial charge on any atom is 0.335 e. The van der Waals surface area contributed by atoms with Crippen LogP contribution in [0.1, 0.15) is 0 Å². The lowest BCUT2D eigenvalue weighted by molar-refractivity contribution is -0.165. The molecular formula is C4H17NO10. The highest BCUT2D eigenvalue weighted by atomic mass is 16.4. The molecular weight excluding hydrogens is 222 g/mol. The summed E-state index contributed by atoms with van der Waals surface area (Å²) in [5.74, 6) is -3.54. The van der Waals surface area contributed by atoms with Crippen molar-refractivity contribution in [3.8, 4) is 0 Å². The van der Waals surface area contributed by atoms with Gasteiger partial charge in [-0.1, -0.05) is 0 Å². The lowest BCUT2D eigenvalue weighted by Crippen LogP contribution is -2.39. The molecule has 2 atom stereocenters. The Balaban J connectivity index is -0.0000000405. The largest absolute Gasteiger partial charge is 0.479 e. The molecule has 0 aliphatic carbocycles. The summed E-state index contributed by atoms with van der Waals surface area (Å²) >= 11 is 0. The molecule has 11 heteroatoms. The Labute approximate surface area is 83.4 Å². The average Bonchev–Trinajstić information content (AvgIpc) is 1.84. The highest BCUT2D eigenvalue weighted by Gasteiger charge is 2.29. The fourth-order valence-electron chi connectivity index (χ4n) is 0.270. The maximum absolute atomic E-state index is 9.77. The van der Waals surface area contributed by atoms with Crippen LogP contribution < -0.4 is 6.15 Å². The summed E-state index contributed by atoms with van der Waals surface area (Å²) in [6, 6.07) is 0. The fraction of sp³-hybridized carbons (Fsp3) is 0.500. The third-order valence-electron chi connectivity index (χ3n) is 0.805. The molecule has 0 amide bonds. The van der Waals surface area contributed by atoms with E-state index in [-0.39, 0.29) is 28.1 Å². The SMILES string of the molecule is N.O.O.O.O.O=C(O)C(O)C(O)C(=O)O. The van der Waals surface area contributed by atoms with Crippen molar-refractivity contribution in [1.82, 2.24) is 6.15 Å². The molecule has 15 N–H and O–H groups in total. The third kappa shape index (κ3) is 12.7. The standard InChI is InChI=1S/C4H6O6.H3N.4H2O/c5-1(3(7)8)2(6)4(9)10;;;;;/h1-2,5-6H,(H,7,8)(H,9,10);1H3;4*1H2. The van der Waals surface area contributed by atoms with Crippen LogP contribution in [0.4, 0.5) is 0 Å². The highest BCUT2D eigenvalue weighted by Crippen LogP contribution is 1.92. The van der Waals surface area contributed by atoms with E-state index >= 15 is 0 Å². The summed E-state index contributed by atoms with van der Waals surface area (Å²) in [4.78, 5) is 19.5. The molecule has 0 rings (SSSR count). The van der Waals surface area contributed by atoms with Gasteiger partial charge in [-0.2, -0.15) is 0 Å². The molecule has 0 heterocycles. The Bertz CT molecular complexity index is 142. The molecule has 0 radical (unpaired) electrons. The van der Waals surface area contributed by atoms with Crippen molar-refractivity contribution in [2.75, 3.05) is 0 Å². The number of carboxylic acid groups (broad SMARTS) is 2. The fourth-order valence-corrected chi connectivity index (χ4v) is 0.270. The van der Waals surface area contributed by atoms with Gasteiger partial charge in [0.05, 0.1) is 0 Å². The van der Waals surface area contributed by atoms with Gasteiger partial charge in [0.2, 0.25) is 0 Å². The van der Waals surface area contributed by atoms with Gasteiger partial charge in [-0.3, -0.25) is 0 Å².